The maximum absolute atomic E-state index is 13.3. The fraction of sp³-hybridized carbons (Fsp3) is 0.423. The quantitative estimate of drug-likeness (QED) is 0.649. The first-order chi connectivity index (χ1) is 16.2. The molecule has 2 N–H and O–H groups in total. The molecule has 0 saturated carbocycles. The number of fused-ring (bicyclic) bond motifs is 3. The second kappa shape index (κ2) is 9.46. The van der Waals surface area contributed by atoms with Crippen LogP contribution in [0.15, 0.2) is 48.5 Å². The summed E-state index contributed by atoms with van der Waals surface area (Å²) in [6.45, 7) is 5.60. The summed E-state index contributed by atoms with van der Waals surface area (Å²) in [6, 6.07) is 15.5. The van der Waals surface area contributed by atoms with Crippen LogP contribution in [-0.2, 0) is 19.1 Å². The Bertz CT molecular complexity index is 1050. The van der Waals surface area contributed by atoms with Crippen molar-refractivity contribution in [2.75, 3.05) is 26.4 Å². The van der Waals surface area contributed by atoms with Gasteiger partial charge in [0, 0.05) is 12.5 Å². The summed E-state index contributed by atoms with van der Waals surface area (Å²) in [5.41, 5.74) is 3.18. The van der Waals surface area contributed by atoms with Gasteiger partial charge in [0.25, 0.3) is 0 Å². The third-order valence-electron chi connectivity index (χ3n) is 6.66. The van der Waals surface area contributed by atoms with Crippen molar-refractivity contribution in [3.63, 3.8) is 0 Å². The number of nitrogens with one attached hydrogen (secondary N) is 1. The van der Waals surface area contributed by atoms with Crippen LogP contribution in [0.3, 0.4) is 0 Å². The molecule has 2 aromatic rings. The lowest BCUT2D eigenvalue weighted by atomic mass is 9.97. The predicted octanol–water partition coefficient (Wildman–Crippen LogP) is 3.25. The average molecular weight is 467 g/mol. The molecule has 4 rings (SSSR count). The van der Waals surface area contributed by atoms with Crippen LogP contribution in [0.5, 0.6) is 0 Å². The van der Waals surface area contributed by atoms with E-state index in [1.807, 2.05) is 36.4 Å². The predicted molar refractivity (Wildman–Crippen MR) is 125 cm³/mol. The van der Waals surface area contributed by atoms with Crippen molar-refractivity contribution >= 4 is 18.0 Å². The molecule has 1 aliphatic heterocycles. The highest BCUT2D eigenvalue weighted by Crippen LogP contribution is 2.44. The van der Waals surface area contributed by atoms with E-state index in [9.17, 15) is 19.5 Å². The molecule has 1 fully saturated rings. The molecule has 1 saturated heterocycles. The number of amides is 2. The fourth-order valence-electron chi connectivity index (χ4n) is 4.92. The average Bonchev–Trinajstić information content (AvgIpc) is 3.41. The van der Waals surface area contributed by atoms with Crippen LogP contribution < -0.4 is 5.32 Å². The highest BCUT2D eigenvalue weighted by Gasteiger charge is 2.44. The largest absolute Gasteiger partial charge is 0.481 e. The summed E-state index contributed by atoms with van der Waals surface area (Å²) >= 11 is 0. The van der Waals surface area contributed by atoms with Crippen LogP contribution in [0.25, 0.3) is 11.1 Å². The number of aliphatic carboxylic acids is 1. The molecule has 180 valence electrons. The Kier molecular flexibility index (Phi) is 6.61. The molecular weight excluding hydrogens is 436 g/mol. The number of benzene rings is 2. The molecule has 8 heteroatoms. The van der Waals surface area contributed by atoms with Gasteiger partial charge >= 0.3 is 12.1 Å². The zero-order valence-electron chi connectivity index (χ0n) is 19.6. The zero-order valence-corrected chi connectivity index (χ0v) is 19.6. The van der Waals surface area contributed by atoms with Crippen molar-refractivity contribution in [1.29, 1.82) is 0 Å². The van der Waals surface area contributed by atoms with E-state index in [2.05, 4.69) is 17.4 Å². The van der Waals surface area contributed by atoms with Gasteiger partial charge in [-0.05, 0) is 43.0 Å². The van der Waals surface area contributed by atoms with Crippen molar-refractivity contribution in [2.45, 2.75) is 38.3 Å². The van der Waals surface area contributed by atoms with Crippen LogP contribution in [-0.4, -0.2) is 65.9 Å². The van der Waals surface area contributed by atoms with E-state index in [-0.39, 0.29) is 31.6 Å². The zero-order chi connectivity index (χ0) is 24.5. The molecule has 0 radical (unpaired) electrons. The van der Waals surface area contributed by atoms with Crippen LogP contribution >= 0.6 is 0 Å². The third kappa shape index (κ3) is 4.37. The monoisotopic (exact) mass is 466 g/mol. The van der Waals surface area contributed by atoms with Gasteiger partial charge in [0.2, 0.25) is 5.91 Å². The van der Waals surface area contributed by atoms with Crippen molar-refractivity contribution < 1.29 is 29.0 Å². The number of likely N-dealkylation sites (N-methyl/N-ethyl adjacent to an activating group) is 1. The van der Waals surface area contributed by atoms with Crippen LogP contribution in [0.1, 0.15) is 37.8 Å². The van der Waals surface area contributed by atoms with Crippen LogP contribution in [0.2, 0.25) is 0 Å². The Hall–Kier alpha value is -3.39. The van der Waals surface area contributed by atoms with Gasteiger partial charge in [0.15, 0.2) is 0 Å². The van der Waals surface area contributed by atoms with Crippen LogP contribution in [0, 0.1) is 5.92 Å². The van der Waals surface area contributed by atoms with Gasteiger partial charge in [-0.25, -0.2) is 4.79 Å². The van der Waals surface area contributed by atoms with E-state index in [0.29, 0.717) is 6.54 Å². The van der Waals surface area contributed by atoms with Crippen molar-refractivity contribution in [3.8, 4) is 11.1 Å². The molecule has 2 unspecified atom stereocenters. The molecule has 1 aliphatic carbocycles. The minimum Gasteiger partial charge on any atom is -0.481 e. The molecule has 2 aliphatic rings. The van der Waals surface area contributed by atoms with Gasteiger partial charge in [-0.2, -0.15) is 0 Å². The Morgan fingerprint density at radius 1 is 1.06 bits per heavy atom. The number of carbonyl (C=O) groups is 3. The molecule has 1 heterocycles. The van der Waals surface area contributed by atoms with Gasteiger partial charge < -0.3 is 24.8 Å². The van der Waals surface area contributed by atoms with Gasteiger partial charge in [-0.3, -0.25) is 9.59 Å². The maximum atomic E-state index is 13.3. The Morgan fingerprint density at radius 2 is 1.65 bits per heavy atom. The normalized spacial score (nSPS) is 19.3. The second-order valence-electron chi connectivity index (χ2n) is 9.22. The summed E-state index contributed by atoms with van der Waals surface area (Å²) < 4.78 is 10.9. The lowest BCUT2D eigenvalue weighted by Crippen LogP contribution is -2.59. The van der Waals surface area contributed by atoms with Crippen LogP contribution in [0.4, 0.5) is 4.79 Å². The highest BCUT2D eigenvalue weighted by molar-refractivity contribution is 5.90. The number of nitrogens with zero attached hydrogens (tertiary/aromatic N) is 1. The molecule has 0 aromatic heterocycles. The number of ether oxygens (including phenoxy) is 2. The number of carboxylic acid groups (broad SMARTS) is 1. The Morgan fingerprint density at radius 3 is 2.21 bits per heavy atom. The summed E-state index contributed by atoms with van der Waals surface area (Å²) in [4.78, 5) is 39.0. The van der Waals surface area contributed by atoms with Gasteiger partial charge in [0.05, 0.1) is 19.3 Å². The lowest BCUT2D eigenvalue weighted by Gasteiger charge is -2.36. The standard InChI is InChI=1S/C26H30N2O6/c1-4-28(22-15-33-13-21(22)23(29)30)24(31)26(2,3)27-25(32)34-14-20-18-11-7-5-9-16(18)17-10-6-8-12-19(17)20/h5-12,20-22H,4,13-15H2,1-3H3,(H,27,32)(H,29,30). The number of carboxylic acids is 1. The number of rotatable bonds is 7. The second-order valence-corrected chi connectivity index (χ2v) is 9.22. The summed E-state index contributed by atoms with van der Waals surface area (Å²) in [7, 11) is 0. The van der Waals surface area contributed by atoms with E-state index in [4.69, 9.17) is 9.47 Å². The maximum Gasteiger partial charge on any atom is 0.408 e. The molecule has 2 aromatic carbocycles. The summed E-state index contributed by atoms with van der Waals surface area (Å²) in [5.74, 6) is -2.27. The van der Waals surface area contributed by atoms with E-state index < -0.39 is 29.6 Å². The molecule has 0 bridgehead atoms. The molecule has 0 spiro atoms. The molecule has 2 atom stereocenters. The van der Waals surface area contributed by atoms with Gasteiger partial charge in [0.1, 0.15) is 18.1 Å². The van der Waals surface area contributed by atoms with Crippen molar-refractivity contribution in [2.24, 2.45) is 5.92 Å². The number of carbonyl (C=O) groups excluding carboxylic acids is 2. The summed E-state index contributed by atoms with van der Waals surface area (Å²) in [5, 5.41) is 12.1. The Balaban J connectivity index is 1.42. The summed E-state index contributed by atoms with van der Waals surface area (Å²) in [6.07, 6.45) is -0.700. The minimum absolute atomic E-state index is 0.0595. The lowest BCUT2D eigenvalue weighted by molar-refractivity contribution is -0.146. The van der Waals surface area contributed by atoms with E-state index in [0.717, 1.165) is 22.3 Å². The topological polar surface area (TPSA) is 105 Å². The number of hydrogen-bond donors (Lipinski definition) is 2. The minimum atomic E-state index is -1.29. The van der Waals surface area contributed by atoms with E-state index in [1.54, 1.807) is 20.8 Å². The number of hydrogen-bond acceptors (Lipinski definition) is 5. The first-order valence-electron chi connectivity index (χ1n) is 11.5. The fourth-order valence-corrected chi connectivity index (χ4v) is 4.92. The SMILES string of the molecule is CCN(C(=O)C(C)(C)NC(=O)OCC1c2ccccc2-c2ccccc21)C1COCC1C(=O)O. The first kappa shape index (κ1) is 23.8. The van der Waals surface area contributed by atoms with E-state index in [1.165, 1.54) is 4.90 Å². The Labute approximate surface area is 198 Å². The van der Waals surface area contributed by atoms with Gasteiger partial charge in [-0.1, -0.05) is 48.5 Å². The third-order valence-corrected chi connectivity index (χ3v) is 6.66. The highest BCUT2D eigenvalue weighted by atomic mass is 16.5. The molecule has 34 heavy (non-hydrogen) atoms. The smallest absolute Gasteiger partial charge is 0.408 e. The first-order valence-corrected chi connectivity index (χ1v) is 11.5. The molecule has 8 nitrogen and oxygen atoms in total. The van der Waals surface area contributed by atoms with Gasteiger partial charge in [-0.15, -0.1) is 0 Å². The van der Waals surface area contributed by atoms with E-state index >= 15 is 0 Å². The van der Waals surface area contributed by atoms with Crippen molar-refractivity contribution in [3.05, 3.63) is 59.7 Å². The van der Waals surface area contributed by atoms with Crippen molar-refractivity contribution in [1.82, 2.24) is 10.2 Å². The molecular formula is C26H30N2O6. The number of alkyl carbamates (subject to hydrolysis) is 1. The molecule has 2 amide bonds.